The molecule has 1 aromatic rings. The van der Waals surface area contributed by atoms with Crippen LogP contribution < -0.4 is 0 Å². The summed E-state index contributed by atoms with van der Waals surface area (Å²) in [4.78, 5) is 2.30. The van der Waals surface area contributed by atoms with Crippen LogP contribution in [0.5, 0.6) is 0 Å². The summed E-state index contributed by atoms with van der Waals surface area (Å²) in [6, 6.07) is 5.57. The minimum atomic E-state index is -0.483. The van der Waals surface area contributed by atoms with E-state index < -0.39 is 6.10 Å². The molecule has 0 spiro atoms. The molecule has 0 saturated carbocycles. The summed E-state index contributed by atoms with van der Waals surface area (Å²) in [7, 11) is 0. The van der Waals surface area contributed by atoms with Crippen LogP contribution in [0.1, 0.15) is 39.7 Å². The number of aliphatic hydroxyl groups excluding tert-OH is 1. The molecule has 4 heteroatoms. The lowest BCUT2D eigenvalue weighted by Crippen LogP contribution is -2.54. The Morgan fingerprint density at radius 2 is 1.80 bits per heavy atom. The molecule has 0 bridgehead atoms. The zero-order chi connectivity index (χ0) is 15.3. The zero-order valence-electron chi connectivity index (χ0n) is 12.8. The standard InChI is InChI=1S/C16H25Cl2NO/c1-5-16(4,19(6-2)7-3)14(20)11-12-9-8-10-13(17)15(12)18/h8-10,14,20H,5-7,11H2,1-4H3. The lowest BCUT2D eigenvalue weighted by atomic mass is 9.85. The number of rotatable bonds is 7. The number of aliphatic hydroxyl groups is 1. The molecular weight excluding hydrogens is 293 g/mol. The minimum absolute atomic E-state index is 0.255. The number of nitrogens with zero attached hydrogens (tertiary/aromatic N) is 1. The lowest BCUT2D eigenvalue weighted by molar-refractivity contribution is -0.0190. The first-order chi connectivity index (χ1) is 9.40. The van der Waals surface area contributed by atoms with Crippen LogP contribution in [0.3, 0.4) is 0 Å². The third-order valence-corrected chi connectivity index (χ3v) is 5.22. The molecule has 0 fully saturated rings. The Morgan fingerprint density at radius 3 is 2.30 bits per heavy atom. The quantitative estimate of drug-likeness (QED) is 0.805. The van der Waals surface area contributed by atoms with Gasteiger partial charge in [0.15, 0.2) is 0 Å². The molecule has 0 aliphatic carbocycles. The van der Waals surface area contributed by atoms with Crippen molar-refractivity contribution in [2.75, 3.05) is 13.1 Å². The number of hydrogen-bond acceptors (Lipinski definition) is 2. The van der Waals surface area contributed by atoms with Crippen molar-refractivity contribution < 1.29 is 5.11 Å². The summed E-state index contributed by atoms with van der Waals surface area (Å²) in [6.07, 6.45) is 0.914. The number of benzene rings is 1. The smallest absolute Gasteiger partial charge is 0.0761 e. The van der Waals surface area contributed by atoms with E-state index >= 15 is 0 Å². The number of hydrogen-bond donors (Lipinski definition) is 1. The fourth-order valence-electron chi connectivity index (χ4n) is 2.75. The molecule has 0 aliphatic rings. The first kappa shape index (κ1) is 17.8. The highest BCUT2D eigenvalue weighted by molar-refractivity contribution is 6.42. The Balaban J connectivity index is 2.97. The van der Waals surface area contributed by atoms with Crippen LogP contribution in [0.4, 0.5) is 0 Å². The molecule has 1 aromatic carbocycles. The lowest BCUT2D eigenvalue weighted by Gasteiger charge is -2.43. The van der Waals surface area contributed by atoms with Crippen molar-refractivity contribution in [2.24, 2.45) is 0 Å². The third kappa shape index (κ3) is 3.67. The first-order valence-corrected chi connectivity index (χ1v) is 8.02. The molecule has 0 radical (unpaired) electrons. The molecule has 0 aromatic heterocycles. The van der Waals surface area contributed by atoms with Crippen LogP contribution in [0, 0.1) is 0 Å². The van der Waals surface area contributed by atoms with Crippen molar-refractivity contribution in [2.45, 2.75) is 52.2 Å². The molecular formula is C16H25Cl2NO. The Hall–Kier alpha value is -0.280. The van der Waals surface area contributed by atoms with Gasteiger partial charge in [-0.2, -0.15) is 0 Å². The highest BCUT2D eigenvalue weighted by atomic mass is 35.5. The van der Waals surface area contributed by atoms with Crippen molar-refractivity contribution in [3.8, 4) is 0 Å². The molecule has 0 aliphatic heterocycles. The molecule has 0 saturated heterocycles. The third-order valence-electron chi connectivity index (χ3n) is 4.36. The van der Waals surface area contributed by atoms with E-state index in [-0.39, 0.29) is 5.54 Å². The fourth-order valence-corrected chi connectivity index (χ4v) is 3.15. The van der Waals surface area contributed by atoms with Crippen molar-refractivity contribution in [1.82, 2.24) is 4.90 Å². The second kappa shape index (κ2) is 7.65. The summed E-state index contributed by atoms with van der Waals surface area (Å²) >= 11 is 12.3. The molecule has 20 heavy (non-hydrogen) atoms. The van der Waals surface area contributed by atoms with Gasteiger partial charge in [-0.3, -0.25) is 4.90 Å². The SMILES string of the molecule is CCN(CC)C(C)(CC)C(O)Cc1cccc(Cl)c1Cl. The van der Waals surface area contributed by atoms with Crippen molar-refractivity contribution in [3.63, 3.8) is 0 Å². The van der Waals surface area contributed by atoms with Gasteiger partial charge in [-0.15, -0.1) is 0 Å². The van der Waals surface area contributed by atoms with Gasteiger partial charge in [0, 0.05) is 12.0 Å². The van der Waals surface area contributed by atoms with Crippen molar-refractivity contribution >= 4 is 23.2 Å². The second-order valence-corrected chi connectivity index (χ2v) is 6.10. The van der Waals surface area contributed by atoms with Gasteiger partial charge < -0.3 is 5.11 Å². The van der Waals surface area contributed by atoms with Crippen LogP contribution in [-0.2, 0) is 6.42 Å². The van der Waals surface area contributed by atoms with Crippen LogP contribution in [-0.4, -0.2) is 34.7 Å². The van der Waals surface area contributed by atoms with Crippen molar-refractivity contribution in [1.29, 1.82) is 0 Å². The van der Waals surface area contributed by atoms with Gasteiger partial charge in [-0.1, -0.05) is 56.1 Å². The maximum absolute atomic E-state index is 10.7. The molecule has 1 rings (SSSR count). The monoisotopic (exact) mass is 317 g/mol. The van der Waals surface area contributed by atoms with Crippen LogP contribution in [0.15, 0.2) is 18.2 Å². The van der Waals surface area contributed by atoms with Gasteiger partial charge in [0.25, 0.3) is 0 Å². The van der Waals surface area contributed by atoms with E-state index in [0.717, 1.165) is 25.1 Å². The summed E-state index contributed by atoms with van der Waals surface area (Å²) in [5.74, 6) is 0. The average Bonchev–Trinajstić information content (AvgIpc) is 2.44. The van der Waals surface area contributed by atoms with E-state index in [2.05, 4.69) is 32.6 Å². The summed E-state index contributed by atoms with van der Waals surface area (Å²) in [5, 5.41) is 11.8. The topological polar surface area (TPSA) is 23.5 Å². The van der Waals surface area contributed by atoms with Gasteiger partial charge in [0.05, 0.1) is 16.1 Å². The van der Waals surface area contributed by atoms with Crippen LogP contribution in [0.25, 0.3) is 0 Å². The Bertz CT molecular complexity index is 434. The number of likely N-dealkylation sites (N-methyl/N-ethyl adjacent to an activating group) is 1. The maximum atomic E-state index is 10.7. The van der Waals surface area contributed by atoms with Gasteiger partial charge in [0.1, 0.15) is 0 Å². The fraction of sp³-hybridized carbons (Fsp3) is 0.625. The van der Waals surface area contributed by atoms with E-state index in [0.29, 0.717) is 16.5 Å². The highest BCUT2D eigenvalue weighted by Crippen LogP contribution is 2.30. The van der Waals surface area contributed by atoms with Gasteiger partial charge in [-0.05, 0) is 38.1 Å². The molecule has 1 N–H and O–H groups in total. The predicted octanol–water partition coefficient (Wildman–Crippen LogP) is 4.41. The van der Waals surface area contributed by atoms with Crippen molar-refractivity contribution in [3.05, 3.63) is 33.8 Å². The zero-order valence-corrected chi connectivity index (χ0v) is 14.3. The highest BCUT2D eigenvalue weighted by Gasteiger charge is 2.36. The summed E-state index contributed by atoms with van der Waals surface area (Å²) < 4.78 is 0. The summed E-state index contributed by atoms with van der Waals surface area (Å²) in [6.45, 7) is 10.3. The number of halogens is 2. The molecule has 2 nitrogen and oxygen atoms in total. The maximum Gasteiger partial charge on any atom is 0.0761 e. The molecule has 0 heterocycles. The predicted molar refractivity (Wildman–Crippen MR) is 87.8 cm³/mol. The average molecular weight is 318 g/mol. The van der Waals surface area contributed by atoms with Gasteiger partial charge >= 0.3 is 0 Å². The Morgan fingerprint density at radius 1 is 1.20 bits per heavy atom. The minimum Gasteiger partial charge on any atom is -0.391 e. The van der Waals surface area contributed by atoms with Crippen LogP contribution in [0.2, 0.25) is 10.0 Å². The largest absolute Gasteiger partial charge is 0.391 e. The molecule has 0 amide bonds. The summed E-state index contributed by atoms with van der Waals surface area (Å²) in [5.41, 5.74) is 0.647. The Labute approximate surface area is 132 Å². The second-order valence-electron chi connectivity index (χ2n) is 5.32. The molecule has 2 atom stereocenters. The van der Waals surface area contributed by atoms with Gasteiger partial charge in [-0.25, -0.2) is 0 Å². The van der Waals surface area contributed by atoms with Gasteiger partial charge in [0.2, 0.25) is 0 Å². The Kier molecular flexibility index (Phi) is 6.80. The van der Waals surface area contributed by atoms with E-state index in [4.69, 9.17) is 23.2 Å². The van der Waals surface area contributed by atoms with E-state index in [1.54, 1.807) is 6.07 Å². The first-order valence-electron chi connectivity index (χ1n) is 7.26. The molecule has 114 valence electrons. The molecule has 2 unspecified atom stereocenters. The van der Waals surface area contributed by atoms with E-state index in [9.17, 15) is 5.11 Å². The van der Waals surface area contributed by atoms with Crippen LogP contribution >= 0.6 is 23.2 Å². The normalized spacial score (nSPS) is 16.2. The van der Waals surface area contributed by atoms with E-state index in [1.165, 1.54) is 0 Å². The van der Waals surface area contributed by atoms with E-state index in [1.807, 2.05) is 12.1 Å².